The molecule has 18 heavy (non-hydrogen) atoms. The molecule has 0 unspecified atom stereocenters. The average Bonchev–Trinajstić information content (AvgIpc) is 2.70. The van der Waals surface area contributed by atoms with Crippen LogP contribution in [0.1, 0.15) is 44.1 Å². The molecule has 0 aromatic carbocycles. The minimum absolute atomic E-state index is 0.436. The van der Waals surface area contributed by atoms with Crippen LogP contribution in [-0.4, -0.2) is 18.1 Å². The van der Waals surface area contributed by atoms with Gasteiger partial charge in [-0.25, -0.2) is 4.98 Å². The molecule has 0 radical (unpaired) electrons. The van der Waals surface area contributed by atoms with Gasteiger partial charge in [0, 0.05) is 24.7 Å². The molecule has 2 N–H and O–H groups in total. The number of nitrogens with zero attached hydrogens (tertiary/aromatic N) is 1. The number of fused-ring (bicyclic) bond motifs is 1. The molecule has 2 heterocycles. The van der Waals surface area contributed by atoms with Gasteiger partial charge in [-0.05, 0) is 31.4 Å². The van der Waals surface area contributed by atoms with Crippen LogP contribution in [0.15, 0.2) is 12.3 Å². The van der Waals surface area contributed by atoms with Crippen molar-refractivity contribution in [3.63, 3.8) is 0 Å². The Morgan fingerprint density at radius 1 is 1.06 bits per heavy atom. The molecule has 1 spiro atoms. The Labute approximate surface area is 109 Å². The second kappa shape index (κ2) is 4.79. The molecule has 3 nitrogen and oxygen atoms in total. The molecule has 2 aliphatic rings. The molecular formula is C15H23N3. The van der Waals surface area contributed by atoms with Gasteiger partial charge in [-0.1, -0.05) is 25.7 Å². The summed E-state index contributed by atoms with van der Waals surface area (Å²) in [7, 11) is 0. The van der Waals surface area contributed by atoms with E-state index in [9.17, 15) is 0 Å². The molecule has 1 saturated carbocycles. The molecule has 0 bridgehead atoms. The summed E-state index contributed by atoms with van der Waals surface area (Å²) < 4.78 is 0. The summed E-state index contributed by atoms with van der Waals surface area (Å²) in [6.45, 7) is 4.27. The third-order valence-electron chi connectivity index (χ3n) is 4.47. The summed E-state index contributed by atoms with van der Waals surface area (Å²) >= 11 is 0. The first-order valence-corrected chi connectivity index (χ1v) is 7.22. The SMILES string of the molecule is Cc1cnc2c(c1)NCC1(CCCCCC1)CN2. The van der Waals surface area contributed by atoms with Crippen molar-refractivity contribution in [1.29, 1.82) is 0 Å². The summed E-state index contributed by atoms with van der Waals surface area (Å²) in [6, 6.07) is 2.20. The van der Waals surface area contributed by atoms with Crippen LogP contribution in [-0.2, 0) is 0 Å². The first-order valence-electron chi connectivity index (χ1n) is 7.22. The van der Waals surface area contributed by atoms with Gasteiger partial charge in [0.25, 0.3) is 0 Å². The Bertz CT molecular complexity index is 420. The van der Waals surface area contributed by atoms with E-state index in [1.54, 1.807) is 0 Å². The molecule has 1 aliphatic heterocycles. The fourth-order valence-electron chi connectivity index (χ4n) is 3.29. The molecule has 0 amide bonds. The molecule has 1 aromatic heterocycles. The van der Waals surface area contributed by atoms with Gasteiger partial charge in [-0.3, -0.25) is 0 Å². The van der Waals surface area contributed by atoms with Crippen molar-refractivity contribution in [1.82, 2.24) is 4.98 Å². The lowest BCUT2D eigenvalue weighted by atomic mass is 9.80. The van der Waals surface area contributed by atoms with Crippen molar-refractivity contribution in [3.05, 3.63) is 17.8 Å². The van der Waals surface area contributed by atoms with Crippen LogP contribution in [0.25, 0.3) is 0 Å². The number of rotatable bonds is 0. The molecule has 1 aromatic rings. The smallest absolute Gasteiger partial charge is 0.149 e. The largest absolute Gasteiger partial charge is 0.381 e. The highest BCUT2D eigenvalue weighted by Gasteiger charge is 2.32. The van der Waals surface area contributed by atoms with Crippen LogP contribution in [0, 0.1) is 12.3 Å². The first-order chi connectivity index (χ1) is 8.77. The third kappa shape index (κ3) is 2.31. The maximum Gasteiger partial charge on any atom is 0.149 e. The molecule has 1 aliphatic carbocycles. The van der Waals surface area contributed by atoms with Crippen molar-refractivity contribution in [2.75, 3.05) is 23.7 Å². The Morgan fingerprint density at radius 3 is 2.56 bits per heavy atom. The number of aryl methyl sites for hydroxylation is 1. The Kier molecular flexibility index (Phi) is 3.14. The second-order valence-electron chi connectivity index (χ2n) is 6.03. The van der Waals surface area contributed by atoms with Gasteiger partial charge >= 0.3 is 0 Å². The Morgan fingerprint density at radius 2 is 1.78 bits per heavy atom. The first kappa shape index (κ1) is 11.8. The predicted octanol–water partition coefficient (Wildman–Crippen LogP) is 3.57. The quantitative estimate of drug-likeness (QED) is 0.733. The van der Waals surface area contributed by atoms with E-state index in [1.807, 2.05) is 6.20 Å². The highest BCUT2D eigenvalue weighted by atomic mass is 15.1. The normalized spacial score (nSPS) is 22.3. The fourth-order valence-corrected chi connectivity index (χ4v) is 3.29. The zero-order valence-electron chi connectivity index (χ0n) is 11.3. The van der Waals surface area contributed by atoms with Crippen molar-refractivity contribution in [2.45, 2.75) is 45.4 Å². The lowest BCUT2D eigenvalue weighted by molar-refractivity contribution is 0.286. The molecule has 0 saturated heterocycles. The van der Waals surface area contributed by atoms with Crippen molar-refractivity contribution >= 4 is 11.5 Å². The molecular weight excluding hydrogens is 222 g/mol. The lowest BCUT2D eigenvalue weighted by Crippen LogP contribution is -2.34. The van der Waals surface area contributed by atoms with E-state index in [-0.39, 0.29) is 0 Å². The maximum absolute atomic E-state index is 4.51. The molecule has 3 rings (SSSR count). The minimum Gasteiger partial charge on any atom is -0.381 e. The summed E-state index contributed by atoms with van der Waals surface area (Å²) in [4.78, 5) is 4.51. The van der Waals surface area contributed by atoms with E-state index in [2.05, 4.69) is 28.6 Å². The van der Waals surface area contributed by atoms with Gasteiger partial charge in [0.15, 0.2) is 0 Å². The zero-order valence-corrected chi connectivity index (χ0v) is 11.3. The van der Waals surface area contributed by atoms with Gasteiger partial charge in [-0.15, -0.1) is 0 Å². The van der Waals surface area contributed by atoms with Crippen LogP contribution < -0.4 is 10.6 Å². The average molecular weight is 245 g/mol. The Hall–Kier alpha value is -1.25. The summed E-state index contributed by atoms with van der Waals surface area (Å²) in [5.74, 6) is 1.03. The van der Waals surface area contributed by atoms with E-state index in [1.165, 1.54) is 49.8 Å². The number of hydrogen-bond donors (Lipinski definition) is 2. The van der Waals surface area contributed by atoms with E-state index in [0.717, 1.165) is 18.9 Å². The molecule has 3 heteroatoms. The van der Waals surface area contributed by atoms with Crippen molar-refractivity contribution < 1.29 is 0 Å². The number of pyridine rings is 1. The number of aromatic nitrogens is 1. The van der Waals surface area contributed by atoms with E-state index in [4.69, 9.17) is 0 Å². The summed E-state index contributed by atoms with van der Waals surface area (Å²) in [5.41, 5.74) is 2.83. The van der Waals surface area contributed by atoms with E-state index >= 15 is 0 Å². The molecule has 1 fully saturated rings. The van der Waals surface area contributed by atoms with Crippen LogP contribution in [0.4, 0.5) is 11.5 Å². The molecule has 0 atom stereocenters. The minimum atomic E-state index is 0.436. The van der Waals surface area contributed by atoms with Gasteiger partial charge in [-0.2, -0.15) is 0 Å². The van der Waals surface area contributed by atoms with Crippen LogP contribution in [0.3, 0.4) is 0 Å². The van der Waals surface area contributed by atoms with E-state index in [0.29, 0.717) is 5.41 Å². The second-order valence-corrected chi connectivity index (χ2v) is 6.03. The van der Waals surface area contributed by atoms with Crippen LogP contribution in [0.5, 0.6) is 0 Å². The van der Waals surface area contributed by atoms with Crippen LogP contribution >= 0.6 is 0 Å². The lowest BCUT2D eigenvalue weighted by Gasteiger charge is -2.31. The van der Waals surface area contributed by atoms with Gasteiger partial charge in [0.05, 0.1) is 5.69 Å². The highest BCUT2D eigenvalue weighted by Crippen LogP contribution is 2.38. The third-order valence-corrected chi connectivity index (χ3v) is 4.47. The fraction of sp³-hybridized carbons (Fsp3) is 0.667. The number of nitrogens with one attached hydrogen (secondary N) is 2. The molecule has 98 valence electrons. The van der Waals surface area contributed by atoms with Gasteiger partial charge < -0.3 is 10.6 Å². The Balaban J connectivity index is 1.81. The summed E-state index contributed by atoms with van der Waals surface area (Å²) in [6.07, 6.45) is 10.2. The summed E-state index contributed by atoms with van der Waals surface area (Å²) in [5, 5.41) is 7.20. The predicted molar refractivity (Wildman–Crippen MR) is 76.1 cm³/mol. The zero-order chi connectivity index (χ0) is 12.4. The number of hydrogen-bond acceptors (Lipinski definition) is 3. The van der Waals surface area contributed by atoms with Crippen molar-refractivity contribution in [2.24, 2.45) is 5.41 Å². The van der Waals surface area contributed by atoms with Crippen LogP contribution in [0.2, 0.25) is 0 Å². The van der Waals surface area contributed by atoms with Crippen molar-refractivity contribution in [3.8, 4) is 0 Å². The van der Waals surface area contributed by atoms with E-state index < -0.39 is 0 Å². The standard InChI is InChI=1S/C15H23N3/c1-12-8-13-14(16-9-12)18-11-15(10-17-13)6-4-2-3-5-7-15/h8-9,17H,2-7,10-11H2,1H3,(H,16,18). The highest BCUT2D eigenvalue weighted by molar-refractivity contribution is 5.66. The van der Waals surface area contributed by atoms with Gasteiger partial charge in [0.1, 0.15) is 5.82 Å². The topological polar surface area (TPSA) is 37.0 Å². The maximum atomic E-state index is 4.51. The number of anilines is 2. The monoisotopic (exact) mass is 245 g/mol. The van der Waals surface area contributed by atoms with Gasteiger partial charge in [0.2, 0.25) is 0 Å².